The van der Waals surface area contributed by atoms with E-state index in [0.29, 0.717) is 6.61 Å². The number of aldehydes is 1. The first kappa shape index (κ1) is 14.5. The fraction of sp³-hybridized carbons (Fsp3) is 0.400. The van der Waals surface area contributed by atoms with E-state index >= 15 is 0 Å². The molecule has 1 aromatic rings. The molecule has 0 saturated carbocycles. The summed E-state index contributed by atoms with van der Waals surface area (Å²) >= 11 is 0. The van der Waals surface area contributed by atoms with Gasteiger partial charge in [0.2, 0.25) is 0 Å². The van der Waals surface area contributed by atoms with E-state index in [-0.39, 0.29) is 0 Å². The number of carbonyl (C=O) groups is 1. The van der Waals surface area contributed by atoms with E-state index in [9.17, 15) is 4.79 Å². The van der Waals surface area contributed by atoms with E-state index in [4.69, 9.17) is 9.47 Å². The van der Waals surface area contributed by atoms with Gasteiger partial charge in [0.1, 0.15) is 12.0 Å². The SMILES string of the molecule is COc1ccc(COCCCC/C=C/C=O)cc1. The number of unbranched alkanes of at least 4 members (excludes halogenated alkanes) is 2. The van der Waals surface area contributed by atoms with E-state index in [2.05, 4.69) is 0 Å². The Hall–Kier alpha value is -1.61. The standard InChI is InChI=1S/C15H20O3/c1-17-15-9-7-14(8-10-15)13-18-12-6-4-2-3-5-11-16/h3,5,7-11H,2,4,6,12-13H2,1H3/b5-3+. The quantitative estimate of drug-likeness (QED) is 0.382. The fourth-order valence-corrected chi connectivity index (χ4v) is 1.53. The molecule has 0 spiro atoms. The van der Waals surface area contributed by atoms with Gasteiger partial charge in [-0.2, -0.15) is 0 Å². The van der Waals surface area contributed by atoms with Gasteiger partial charge in [0.15, 0.2) is 0 Å². The Bertz CT molecular complexity index is 355. The van der Waals surface area contributed by atoms with Crippen LogP contribution in [0.15, 0.2) is 36.4 Å². The number of hydrogen-bond donors (Lipinski definition) is 0. The van der Waals surface area contributed by atoms with Gasteiger partial charge in [-0.3, -0.25) is 4.79 Å². The highest BCUT2D eigenvalue weighted by Gasteiger charge is 1.94. The maximum absolute atomic E-state index is 10.0. The summed E-state index contributed by atoms with van der Waals surface area (Å²) in [6.07, 6.45) is 7.23. The van der Waals surface area contributed by atoms with Crippen LogP contribution < -0.4 is 4.74 Å². The lowest BCUT2D eigenvalue weighted by atomic mass is 10.2. The third kappa shape index (κ3) is 6.21. The molecule has 0 radical (unpaired) electrons. The van der Waals surface area contributed by atoms with Crippen molar-refractivity contribution in [1.82, 2.24) is 0 Å². The van der Waals surface area contributed by atoms with Gasteiger partial charge in [-0.25, -0.2) is 0 Å². The van der Waals surface area contributed by atoms with Gasteiger partial charge in [0.25, 0.3) is 0 Å². The number of benzene rings is 1. The summed E-state index contributed by atoms with van der Waals surface area (Å²) in [5.41, 5.74) is 1.15. The van der Waals surface area contributed by atoms with Crippen LogP contribution in [0.4, 0.5) is 0 Å². The van der Waals surface area contributed by atoms with Crippen LogP contribution in [-0.2, 0) is 16.1 Å². The molecule has 98 valence electrons. The lowest BCUT2D eigenvalue weighted by molar-refractivity contribution is -0.104. The lowest BCUT2D eigenvalue weighted by Gasteiger charge is -2.05. The Morgan fingerprint density at radius 1 is 1.17 bits per heavy atom. The second kappa shape index (κ2) is 9.42. The predicted molar refractivity (Wildman–Crippen MR) is 71.7 cm³/mol. The Labute approximate surface area is 108 Å². The first-order chi connectivity index (χ1) is 8.86. The zero-order valence-electron chi connectivity index (χ0n) is 10.8. The summed E-state index contributed by atoms with van der Waals surface area (Å²) in [7, 11) is 1.66. The fourth-order valence-electron chi connectivity index (χ4n) is 1.53. The molecule has 0 N–H and O–H groups in total. The minimum atomic E-state index is 0.633. The van der Waals surface area contributed by atoms with Crippen molar-refractivity contribution in [2.45, 2.75) is 25.9 Å². The number of methoxy groups -OCH3 is 1. The van der Waals surface area contributed by atoms with Crippen LogP contribution in [0.5, 0.6) is 5.75 Å². The third-order valence-electron chi connectivity index (χ3n) is 2.55. The summed E-state index contributed by atoms with van der Waals surface area (Å²) in [6, 6.07) is 7.88. The number of carbonyl (C=O) groups excluding carboxylic acids is 1. The first-order valence-electron chi connectivity index (χ1n) is 6.18. The molecule has 0 aliphatic rings. The lowest BCUT2D eigenvalue weighted by Crippen LogP contribution is -1.95. The van der Waals surface area contributed by atoms with Crippen molar-refractivity contribution >= 4 is 6.29 Å². The van der Waals surface area contributed by atoms with E-state index in [0.717, 1.165) is 43.5 Å². The molecule has 0 saturated heterocycles. The Balaban J connectivity index is 2.06. The highest BCUT2D eigenvalue weighted by molar-refractivity contribution is 5.64. The Morgan fingerprint density at radius 2 is 1.94 bits per heavy atom. The largest absolute Gasteiger partial charge is 0.497 e. The molecule has 0 aliphatic carbocycles. The second-order valence-corrected chi connectivity index (χ2v) is 3.96. The molecule has 0 fully saturated rings. The minimum Gasteiger partial charge on any atom is -0.497 e. The van der Waals surface area contributed by atoms with Crippen LogP contribution in [0, 0.1) is 0 Å². The van der Waals surface area contributed by atoms with Crippen LogP contribution in [0.1, 0.15) is 24.8 Å². The van der Waals surface area contributed by atoms with Crippen LogP contribution in [-0.4, -0.2) is 20.0 Å². The van der Waals surface area contributed by atoms with Gasteiger partial charge in [0.05, 0.1) is 13.7 Å². The molecule has 0 bridgehead atoms. The molecule has 0 amide bonds. The molecule has 0 heterocycles. The first-order valence-corrected chi connectivity index (χ1v) is 6.18. The van der Waals surface area contributed by atoms with Crippen LogP contribution in [0.25, 0.3) is 0 Å². The zero-order chi connectivity index (χ0) is 13.1. The normalized spacial score (nSPS) is 10.7. The van der Waals surface area contributed by atoms with Crippen molar-refractivity contribution in [3.8, 4) is 5.75 Å². The van der Waals surface area contributed by atoms with Crippen LogP contribution in [0.2, 0.25) is 0 Å². The van der Waals surface area contributed by atoms with E-state index in [1.54, 1.807) is 7.11 Å². The van der Waals surface area contributed by atoms with Crippen molar-refractivity contribution in [3.63, 3.8) is 0 Å². The van der Waals surface area contributed by atoms with Crippen molar-refractivity contribution in [2.24, 2.45) is 0 Å². The van der Waals surface area contributed by atoms with E-state index in [1.807, 2.05) is 30.3 Å². The van der Waals surface area contributed by atoms with Gasteiger partial charge in [-0.15, -0.1) is 0 Å². The predicted octanol–water partition coefficient (Wildman–Crippen LogP) is 3.14. The zero-order valence-corrected chi connectivity index (χ0v) is 10.8. The summed E-state index contributed by atoms with van der Waals surface area (Å²) in [4.78, 5) is 10.0. The molecular formula is C15H20O3. The van der Waals surface area contributed by atoms with Crippen LogP contribution in [0.3, 0.4) is 0 Å². The Morgan fingerprint density at radius 3 is 2.61 bits per heavy atom. The summed E-state index contributed by atoms with van der Waals surface area (Å²) in [6.45, 7) is 1.38. The van der Waals surface area contributed by atoms with Gasteiger partial charge in [-0.1, -0.05) is 18.2 Å². The maximum atomic E-state index is 10.0. The van der Waals surface area contributed by atoms with Gasteiger partial charge >= 0.3 is 0 Å². The highest BCUT2D eigenvalue weighted by atomic mass is 16.5. The van der Waals surface area contributed by atoms with E-state index in [1.165, 1.54) is 6.08 Å². The second-order valence-electron chi connectivity index (χ2n) is 3.96. The molecule has 3 nitrogen and oxygen atoms in total. The average Bonchev–Trinajstić information content (AvgIpc) is 2.42. The smallest absolute Gasteiger partial charge is 0.142 e. The van der Waals surface area contributed by atoms with Crippen LogP contribution >= 0.6 is 0 Å². The number of ether oxygens (including phenoxy) is 2. The highest BCUT2D eigenvalue weighted by Crippen LogP contribution is 2.12. The third-order valence-corrected chi connectivity index (χ3v) is 2.55. The molecule has 1 rings (SSSR count). The molecule has 18 heavy (non-hydrogen) atoms. The molecule has 1 aromatic carbocycles. The topological polar surface area (TPSA) is 35.5 Å². The summed E-state index contributed by atoms with van der Waals surface area (Å²) < 4.78 is 10.7. The molecule has 3 heteroatoms. The number of allylic oxidation sites excluding steroid dienone is 2. The summed E-state index contributed by atoms with van der Waals surface area (Å²) in [5.74, 6) is 0.862. The monoisotopic (exact) mass is 248 g/mol. The Kier molecular flexibility index (Phi) is 7.57. The molecule has 0 atom stereocenters. The van der Waals surface area contributed by atoms with Crippen molar-refractivity contribution in [2.75, 3.05) is 13.7 Å². The van der Waals surface area contributed by atoms with Crippen molar-refractivity contribution < 1.29 is 14.3 Å². The van der Waals surface area contributed by atoms with E-state index < -0.39 is 0 Å². The van der Waals surface area contributed by atoms with Gasteiger partial charge in [0, 0.05) is 6.61 Å². The van der Waals surface area contributed by atoms with Crippen molar-refractivity contribution in [1.29, 1.82) is 0 Å². The molecule has 0 aromatic heterocycles. The number of rotatable bonds is 9. The molecular weight excluding hydrogens is 228 g/mol. The van der Waals surface area contributed by atoms with Crippen molar-refractivity contribution in [3.05, 3.63) is 42.0 Å². The maximum Gasteiger partial charge on any atom is 0.142 e. The van der Waals surface area contributed by atoms with Gasteiger partial charge < -0.3 is 9.47 Å². The number of hydrogen-bond acceptors (Lipinski definition) is 3. The van der Waals surface area contributed by atoms with Gasteiger partial charge in [-0.05, 0) is 43.0 Å². The molecule has 0 unspecified atom stereocenters. The average molecular weight is 248 g/mol. The summed E-state index contributed by atoms with van der Waals surface area (Å²) in [5, 5.41) is 0. The molecule has 0 aliphatic heterocycles. The minimum absolute atomic E-state index is 0.633.